The van der Waals surface area contributed by atoms with Gasteiger partial charge in [-0.25, -0.2) is 10.4 Å². The molecule has 0 saturated heterocycles. The Kier molecular flexibility index (Phi) is 6.89. The summed E-state index contributed by atoms with van der Waals surface area (Å²) in [4.78, 5) is 4.35. The number of imidazole rings is 1. The number of nitrogens with one attached hydrogen (secondary N) is 1. The van der Waals surface area contributed by atoms with Gasteiger partial charge in [0.15, 0.2) is 6.29 Å². The number of aryl methyl sites for hydroxylation is 1. The van der Waals surface area contributed by atoms with Crippen LogP contribution in [0.1, 0.15) is 39.1 Å². The van der Waals surface area contributed by atoms with Crippen molar-refractivity contribution in [3.63, 3.8) is 0 Å². The number of hydrazine groups is 1. The summed E-state index contributed by atoms with van der Waals surface area (Å²) >= 11 is 0. The van der Waals surface area contributed by atoms with Crippen molar-refractivity contribution in [2.75, 3.05) is 13.2 Å². The van der Waals surface area contributed by atoms with Crippen LogP contribution in [0.3, 0.4) is 0 Å². The van der Waals surface area contributed by atoms with Gasteiger partial charge in [-0.15, -0.1) is 0 Å². The van der Waals surface area contributed by atoms with Gasteiger partial charge in [0.2, 0.25) is 0 Å². The van der Waals surface area contributed by atoms with Crippen molar-refractivity contribution >= 4 is 0 Å². The second kappa shape index (κ2) is 8.20. The highest BCUT2D eigenvalue weighted by atomic mass is 16.7. The highest BCUT2D eigenvalue weighted by Gasteiger charge is 2.26. The number of ether oxygens (including phenoxy) is 2. The second-order valence-corrected chi connectivity index (χ2v) is 3.90. The Morgan fingerprint density at radius 3 is 2.50 bits per heavy atom. The fourth-order valence-electron chi connectivity index (χ4n) is 1.87. The first kappa shape index (κ1) is 15.1. The van der Waals surface area contributed by atoms with Crippen molar-refractivity contribution in [1.82, 2.24) is 15.0 Å². The van der Waals surface area contributed by atoms with Crippen molar-refractivity contribution in [3.8, 4) is 0 Å². The Hall–Kier alpha value is -0.950. The van der Waals surface area contributed by atoms with Gasteiger partial charge in [0, 0.05) is 32.2 Å². The normalized spacial score (nSPS) is 13.2. The van der Waals surface area contributed by atoms with E-state index in [1.807, 2.05) is 20.0 Å². The van der Waals surface area contributed by atoms with Crippen LogP contribution in [0.5, 0.6) is 0 Å². The number of rotatable bonds is 9. The van der Waals surface area contributed by atoms with Crippen molar-refractivity contribution in [2.45, 2.75) is 46.1 Å². The minimum Gasteiger partial charge on any atom is -0.351 e. The zero-order chi connectivity index (χ0) is 13.4. The van der Waals surface area contributed by atoms with Crippen LogP contribution in [0.2, 0.25) is 0 Å². The summed E-state index contributed by atoms with van der Waals surface area (Å²) in [7, 11) is 0. The third-order valence-corrected chi connectivity index (χ3v) is 2.60. The molecule has 0 bridgehead atoms. The molecular formula is C12H24N4O2. The molecule has 6 nitrogen and oxygen atoms in total. The van der Waals surface area contributed by atoms with E-state index >= 15 is 0 Å². The molecule has 0 fully saturated rings. The molecule has 1 heterocycles. The predicted molar refractivity (Wildman–Crippen MR) is 69.6 cm³/mol. The molecule has 0 aliphatic heterocycles. The molecule has 1 atom stereocenters. The van der Waals surface area contributed by atoms with Crippen LogP contribution >= 0.6 is 0 Å². The molecule has 104 valence electrons. The van der Waals surface area contributed by atoms with E-state index in [1.54, 1.807) is 6.20 Å². The zero-order valence-corrected chi connectivity index (χ0v) is 11.4. The second-order valence-electron chi connectivity index (χ2n) is 3.90. The average molecular weight is 256 g/mol. The summed E-state index contributed by atoms with van der Waals surface area (Å²) < 4.78 is 13.2. The number of nitrogens with zero attached hydrogens (tertiary/aromatic N) is 2. The molecule has 6 heteroatoms. The molecule has 0 amide bonds. The molecule has 0 saturated carbocycles. The maximum atomic E-state index is 5.63. The molecule has 1 aromatic rings. The van der Waals surface area contributed by atoms with Gasteiger partial charge in [0.25, 0.3) is 0 Å². The van der Waals surface area contributed by atoms with E-state index in [2.05, 4.69) is 21.9 Å². The number of nitrogens with two attached hydrogens (primary N) is 1. The Labute approximate surface area is 108 Å². The van der Waals surface area contributed by atoms with Crippen molar-refractivity contribution in [3.05, 3.63) is 18.2 Å². The lowest BCUT2D eigenvalue weighted by Crippen LogP contribution is -2.41. The summed E-state index contributed by atoms with van der Waals surface area (Å²) in [5.41, 5.74) is 2.74. The van der Waals surface area contributed by atoms with Gasteiger partial charge >= 0.3 is 0 Å². The summed E-state index contributed by atoms with van der Waals surface area (Å²) in [6, 6.07) is -0.272. The lowest BCUT2D eigenvalue weighted by atomic mass is 10.2. The molecular weight excluding hydrogens is 232 g/mol. The van der Waals surface area contributed by atoms with E-state index in [4.69, 9.17) is 15.3 Å². The lowest BCUT2D eigenvalue weighted by Gasteiger charge is -2.26. The van der Waals surface area contributed by atoms with E-state index in [1.165, 1.54) is 0 Å². The first-order valence-electron chi connectivity index (χ1n) is 6.48. The molecule has 1 aromatic heterocycles. The van der Waals surface area contributed by atoms with Gasteiger partial charge < -0.3 is 14.0 Å². The molecule has 3 N–H and O–H groups in total. The molecule has 1 rings (SSSR count). The van der Waals surface area contributed by atoms with Crippen molar-refractivity contribution in [1.29, 1.82) is 0 Å². The monoisotopic (exact) mass is 256 g/mol. The molecule has 0 aromatic carbocycles. The minimum absolute atomic E-state index is 0.272. The largest absolute Gasteiger partial charge is 0.351 e. The smallest absolute Gasteiger partial charge is 0.181 e. The van der Waals surface area contributed by atoms with Gasteiger partial charge in [0.05, 0.1) is 0 Å². The standard InChI is InChI=1S/C12H24N4O2/c1-4-8-16-9-7-14-11(16)10(15-13)12(17-5-2)18-6-3/h7,9-10,12,15H,4-6,8,13H2,1-3H3. The highest BCUT2D eigenvalue weighted by Crippen LogP contribution is 2.18. The summed E-state index contributed by atoms with van der Waals surface area (Å²) in [6.07, 6.45) is 4.32. The van der Waals surface area contributed by atoms with E-state index in [-0.39, 0.29) is 6.04 Å². The van der Waals surface area contributed by atoms with Crippen LogP contribution in [0, 0.1) is 0 Å². The van der Waals surface area contributed by atoms with Crippen LogP contribution in [-0.4, -0.2) is 29.1 Å². The third-order valence-electron chi connectivity index (χ3n) is 2.60. The Morgan fingerprint density at radius 1 is 1.33 bits per heavy atom. The fourth-order valence-corrected chi connectivity index (χ4v) is 1.87. The van der Waals surface area contributed by atoms with E-state index in [9.17, 15) is 0 Å². The van der Waals surface area contributed by atoms with Gasteiger partial charge in [-0.3, -0.25) is 5.84 Å². The van der Waals surface area contributed by atoms with Gasteiger partial charge in [-0.05, 0) is 20.3 Å². The van der Waals surface area contributed by atoms with Crippen LogP contribution in [-0.2, 0) is 16.0 Å². The van der Waals surface area contributed by atoms with Crippen LogP contribution in [0.4, 0.5) is 0 Å². The summed E-state index contributed by atoms with van der Waals surface area (Å²) in [5.74, 6) is 6.47. The molecule has 0 aliphatic rings. The van der Waals surface area contributed by atoms with E-state index in [0.717, 1.165) is 18.8 Å². The maximum Gasteiger partial charge on any atom is 0.181 e. The first-order chi connectivity index (χ1) is 8.78. The minimum atomic E-state index is -0.428. The first-order valence-corrected chi connectivity index (χ1v) is 6.48. The van der Waals surface area contributed by atoms with Crippen LogP contribution in [0.25, 0.3) is 0 Å². The number of hydrogen-bond donors (Lipinski definition) is 2. The lowest BCUT2D eigenvalue weighted by molar-refractivity contribution is -0.157. The number of aromatic nitrogens is 2. The molecule has 1 unspecified atom stereocenters. The van der Waals surface area contributed by atoms with Crippen LogP contribution < -0.4 is 11.3 Å². The SMILES string of the molecule is CCCn1ccnc1C(NN)C(OCC)OCC. The van der Waals surface area contributed by atoms with E-state index < -0.39 is 6.29 Å². The number of hydrogen-bond acceptors (Lipinski definition) is 5. The Bertz CT molecular complexity index is 324. The van der Waals surface area contributed by atoms with Crippen molar-refractivity contribution < 1.29 is 9.47 Å². The fraction of sp³-hybridized carbons (Fsp3) is 0.750. The molecule has 0 spiro atoms. The maximum absolute atomic E-state index is 5.63. The van der Waals surface area contributed by atoms with E-state index in [0.29, 0.717) is 13.2 Å². The van der Waals surface area contributed by atoms with Crippen molar-refractivity contribution in [2.24, 2.45) is 5.84 Å². The third kappa shape index (κ3) is 3.78. The topological polar surface area (TPSA) is 74.3 Å². The summed E-state index contributed by atoms with van der Waals surface area (Å²) in [6.45, 7) is 8.01. The van der Waals surface area contributed by atoms with Gasteiger partial charge in [-0.2, -0.15) is 0 Å². The Morgan fingerprint density at radius 2 is 2.00 bits per heavy atom. The average Bonchev–Trinajstić information content (AvgIpc) is 2.80. The highest BCUT2D eigenvalue weighted by molar-refractivity contribution is 5.00. The Balaban J connectivity index is 2.87. The van der Waals surface area contributed by atoms with Gasteiger partial charge in [0.1, 0.15) is 11.9 Å². The quantitative estimate of drug-likeness (QED) is 0.394. The molecule has 0 radical (unpaired) electrons. The zero-order valence-electron chi connectivity index (χ0n) is 11.4. The van der Waals surface area contributed by atoms with Gasteiger partial charge in [-0.1, -0.05) is 6.92 Å². The molecule has 18 heavy (non-hydrogen) atoms. The summed E-state index contributed by atoms with van der Waals surface area (Å²) in [5, 5.41) is 0. The van der Waals surface area contributed by atoms with Crippen LogP contribution in [0.15, 0.2) is 12.4 Å². The molecule has 0 aliphatic carbocycles. The predicted octanol–water partition coefficient (Wildman–Crippen LogP) is 1.20.